The zero-order valence-corrected chi connectivity index (χ0v) is 8.95. The first kappa shape index (κ1) is 10.4. The van der Waals surface area contributed by atoms with Crippen LogP contribution in [0.5, 0.6) is 0 Å². The largest absolute Gasteiger partial charge is 0.271 e. The average molecular weight is 196 g/mol. The van der Waals surface area contributed by atoms with Gasteiger partial charge in [-0.3, -0.25) is 11.3 Å². The lowest BCUT2D eigenvalue weighted by Gasteiger charge is -2.15. The summed E-state index contributed by atoms with van der Waals surface area (Å²) >= 11 is 1.74. The van der Waals surface area contributed by atoms with Crippen molar-refractivity contribution in [3.05, 3.63) is 34.0 Å². The van der Waals surface area contributed by atoms with Crippen molar-refractivity contribution in [2.75, 3.05) is 0 Å². The second-order valence-corrected chi connectivity index (χ2v) is 4.30. The number of rotatable bonds is 4. The third-order valence-electron chi connectivity index (χ3n) is 1.97. The molecule has 0 saturated carbocycles. The van der Waals surface area contributed by atoms with Gasteiger partial charge in [0.05, 0.1) is 6.04 Å². The van der Waals surface area contributed by atoms with Crippen LogP contribution in [0.15, 0.2) is 23.6 Å². The van der Waals surface area contributed by atoms with Gasteiger partial charge in [0.1, 0.15) is 0 Å². The van der Waals surface area contributed by atoms with E-state index in [0.717, 1.165) is 12.0 Å². The van der Waals surface area contributed by atoms with Crippen LogP contribution < -0.4 is 11.3 Å². The summed E-state index contributed by atoms with van der Waals surface area (Å²) in [6.45, 7) is 8.02. The minimum Gasteiger partial charge on any atom is -0.271 e. The quantitative estimate of drug-likeness (QED) is 0.441. The van der Waals surface area contributed by atoms with Crippen LogP contribution in [-0.4, -0.2) is 0 Å². The van der Waals surface area contributed by atoms with E-state index in [1.165, 1.54) is 10.4 Å². The van der Waals surface area contributed by atoms with Gasteiger partial charge < -0.3 is 0 Å². The topological polar surface area (TPSA) is 38.0 Å². The van der Waals surface area contributed by atoms with E-state index < -0.39 is 0 Å². The van der Waals surface area contributed by atoms with E-state index in [-0.39, 0.29) is 6.04 Å². The number of hydrogen-bond acceptors (Lipinski definition) is 3. The Morgan fingerprint density at radius 1 is 1.77 bits per heavy atom. The monoisotopic (exact) mass is 196 g/mol. The third kappa shape index (κ3) is 2.66. The molecule has 0 bridgehead atoms. The molecule has 0 spiro atoms. The van der Waals surface area contributed by atoms with Crippen molar-refractivity contribution in [2.45, 2.75) is 26.3 Å². The Morgan fingerprint density at radius 2 is 2.46 bits per heavy atom. The number of hydrazine groups is 1. The highest BCUT2D eigenvalue weighted by molar-refractivity contribution is 7.10. The fourth-order valence-electron chi connectivity index (χ4n) is 1.32. The summed E-state index contributed by atoms with van der Waals surface area (Å²) in [5, 5.41) is 2.09. The van der Waals surface area contributed by atoms with Gasteiger partial charge in [0.15, 0.2) is 0 Å². The number of hydrogen-bond donors (Lipinski definition) is 2. The molecule has 0 amide bonds. The van der Waals surface area contributed by atoms with E-state index in [4.69, 9.17) is 5.84 Å². The van der Waals surface area contributed by atoms with Crippen molar-refractivity contribution < 1.29 is 0 Å². The normalized spacial score (nSPS) is 12.8. The molecule has 1 atom stereocenters. The van der Waals surface area contributed by atoms with Gasteiger partial charge in [-0.15, -0.1) is 17.9 Å². The summed E-state index contributed by atoms with van der Waals surface area (Å²) in [5.74, 6) is 5.50. The number of thiophene rings is 1. The van der Waals surface area contributed by atoms with E-state index in [1.807, 2.05) is 6.92 Å². The highest BCUT2D eigenvalue weighted by Gasteiger charge is 2.12. The van der Waals surface area contributed by atoms with Crippen molar-refractivity contribution in [3.8, 4) is 0 Å². The Kier molecular flexibility index (Phi) is 3.66. The second kappa shape index (κ2) is 4.56. The summed E-state index contributed by atoms with van der Waals surface area (Å²) in [4.78, 5) is 1.31. The highest BCUT2D eigenvalue weighted by atomic mass is 32.1. The van der Waals surface area contributed by atoms with E-state index in [1.54, 1.807) is 11.3 Å². The molecule has 0 aliphatic rings. The number of nitrogens with two attached hydrogens (primary N) is 1. The van der Waals surface area contributed by atoms with E-state index in [2.05, 4.69) is 30.4 Å². The van der Waals surface area contributed by atoms with E-state index in [0.29, 0.717) is 0 Å². The maximum atomic E-state index is 5.50. The van der Waals surface area contributed by atoms with Crippen molar-refractivity contribution in [1.29, 1.82) is 0 Å². The average Bonchev–Trinajstić information content (AvgIpc) is 2.47. The van der Waals surface area contributed by atoms with Crippen LogP contribution in [0.3, 0.4) is 0 Å². The standard InChI is InChI=1S/C10H16N2S/c1-7(2)6-9(12-11)10-8(3)4-5-13-10/h4-5,9,12H,1,6,11H2,2-3H3. The molecule has 0 saturated heterocycles. The van der Waals surface area contributed by atoms with E-state index >= 15 is 0 Å². The Bertz CT molecular complexity index is 291. The fourth-order valence-corrected chi connectivity index (χ4v) is 2.31. The summed E-state index contributed by atoms with van der Waals surface area (Å²) in [6, 6.07) is 2.33. The van der Waals surface area contributed by atoms with Crippen LogP contribution >= 0.6 is 11.3 Å². The summed E-state index contributed by atoms with van der Waals surface area (Å²) in [7, 11) is 0. The molecule has 1 heterocycles. The Hall–Kier alpha value is -0.640. The maximum Gasteiger partial charge on any atom is 0.0592 e. The van der Waals surface area contributed by atoms with Crippen LogP contribution in [-0.2, 0) is 0 Å². The first-order valence-corrected chi connectivity index (χ1v) is 5.17. The molecule has 1 unspecified atom stereocenters. The first-order valence-electron chi connectivity index (χ1n) is 4.29. The van der Waals surface area contributed by atoms with Gasteiger partial charge in [0.25, 0.3) is 0 Å². The fraction of sp³-hybridized carbons (Fsp3) is 0.400. The number of aryl methyl sites for hydroxylation is 1. The van der Waals surface area contributed by atoms with Gasteiger partial charge in [0, 0.05) is 4.88 Å². The predicted octanol–water partition coefficient (Wildman–Crippen LogP) is 2.53. The number of nitrogens with one attached hydrogen (secondary N) is 1. The Labute approximate surface area is 83.4 Å². The molecule has 72 valence electrons. The summed E-state index contributed by atoms with van der Waals surface area (Å²) in [5.41, 5.74) is 5.28. The molecule has 3 heteroatoms. The molecule has 0 aliphatic carbocycles. The molecule has 2 nitrogen and oxygen atoms in total. The second-order valence-electron chi connectivity index (χ2n) is 3.35. The van der Waals surface area contributed by atoms with Crippen molar-refractivity contribution >= 4 is 11.3 Å². The van der Waals surface area contributed by atoms with Crippen LogP contribution in [0.1, 0.15) is 29.8 Å². The first-order chi connectivity index (χ1) is 6.15. The molecule has 0 aromatic carbocycles. The Balaban J connectivity index is 2.78. The molecule has 1 rings (SSSR count). The third-order valence-corrected chi connectivity index (χ3v) is 3.10. The summed E-state index contributed by atoms with van der Waals surface area (Å²) in [6.07, 6.45) is 0.901. The van der Waals surface area contributed by atoms with Crippen LogP contribution in [0.2, 0.25) is 0 Å². The van der Waals surface area contributed by atoms with Gasteiger partial charge >= 0.3 is 0 Å². The molecular weight excluding hydrogens is 180 g/mol. The maximum absolute atomic E-state index is 5.50. The van der Waals surface area contributed by atoms with Crippen molar-refractivity contribution in [3.63, 3.8) is 0 Å². The zero-order chi connectivity index (χ0) is 9.84. The van der Waals surface area contributed by atoms with Crippen LogP contribution in [0.25, 0.3) is 0 Å². The highest BCUT2D eigenvalue weighted by Crippen LogP contribution is 2.27. The lowest BCUT2D eigenvalue weighted by molar-refractivity contribution is 0.557. The van der Waals surface area contributed by atoms with Gasteiger partial charge in [-0.1, -0.05) is 5.57 Å². The van der Waals surface area contributed by atoms with Crippen molar-refractivity contribution in [1.82, 2.24) is 5.43 Å². The molecule has 1 aromatic heterocycles. The van der Waals surface area contributed by atoms with Gasteiger partial charge in [0.2, 0.25) is 0 Å². The van der Waals surface area contributed by atoms with Gasteiger partial charge in [-0.2, -0.15) is 0 Å². The molecule has 13 heavy (non-hydrogen) atoms. The van der Waals surface area contributed by atoms with Crippen LogP contribution in [0, 0.1) is 6.92 Å². The van der Waals surface area contributed by atoms with Crippen molar-refractivity contribution in [2.24, 2.45) is 5.84 Å². The lowest BCUT2D eigenvalue weighted by atomic mass is 10.1. The minimum atomic E-state index is 0.220. The predicted molar refractivity (Wildman–Crippen MR) is 58.6 cm³/mol. The molecular formula is C10H16N2S. The molecule has 1 aromatic rings. The molecule has 0 radical (unpaired) electrons. The SMILES string of the molecule is C=C(C)CC(NN)c1sccc1C. The summed E-state index contributed by atoms with van der Waals surface area (Å²) < 4.78 is 0. The minimum absolute atomic E-state index is 0.220. The molecule has 0 fully saturated rings. The molecule has 3 N–H and O–H groups in total. The van der Waals surface area contributed by atoms with Crippen LogP contribution in [0.4, 0.5) is 0 Å². The molecule has 0 aliphatic heterocycles. The van der Waals surface area contributed by atoms with Gasteiger partial charge in [-0.05, 0) is 37.3 Å². The lowest BCUT2D eigenvalue weighted by Crippen LogP contribution is -2.27. The van der Waals surface area contributed by atoms with E-state index in [9.17, 15) is 0 Å². The zero-order valence-electron chi connectivity index (χ0n) is 8.13. The Morgan fingerprint density at radius 3 is 2.85 bits per heavy atom. The smallest absolute Gasteiger partial charge is 0.0592 e. The van der Waals surface area contributed by atoms with Gasteiger partial charge in [-0.25, -0.2) is 0 Å².